The maximum Gasteiger partial charge on any atom is 0.306 e. The van der Waals surface area contributed by atoms with Crippen LogP contribution < -0.4 is 0 Å². The number of aliphatic carboxylic acids is 1. The summed E-state index contributed by atoms with van der Waals surface area (Å²) in [7, 11) is 0. The van der Waals surface area contributed by atoms with Crippen molar-refractivity contribution in [2.45, 2.75) is 57.8 Å². The van der Waals surface area contributed by atoms with E-state index in [1.807, 2.05) is 4.90 Å². The third-order valence-corrected chi connectivity index (χ3v) is 6.89. The minimum Gasteiger partial charge on any atom is -0.481 e. The van der Waals surface area contributed by atoms with Crippen LogP contribution in [-0.2, 0) is 16.0 Å². The summed E-state index contributed by atoms with van der Waals surface area (Å²) in [6.07, 6.45) is 7.90. The molecule has 2 heterocycles. The number of aryl methyl sites for hydroxylation is 1. The molecule has 0 radical (unpaired) electrons. The summed E-state index contributed by atoms with van der Waals surface area (Å²) in [4.78, 5) is 29.5. The number of benzene rings is 1. The van der Waals surface area contributed by atoms with Gasteiger partial charge in [0, 0.05) is 36.1 Å². The Bertz CT molecular complexity index is 856. The highest BCUT2D eigenvalue weighted by molar-refractivity contribution is 5.86. The van der Waals surface area contributed by atoms with Crippen molar-refractivity contribution in [3.8, 4) is 0 Å². The number of rotatable bonds is 4. The number of carboxylic acids is 1. The van der Waals surface area contributed by atoms with Crippen molar-refractivity contribution in [3.05, 3.63) is 35.5 Å². The number of nitrogens with one attached hydrogen (secondary N) is 1. The summed E-state index contributed by atoms with van der Waals surface area (Å²) in [5, 5.41) is 10.5. The first-order valence-electron chi connectivity index (χ1n) is 10.7. The molecule has 0 atom stereocenters. The minimum absolute atomic E-state index is 0.0207. The molecule has 4 rings (SSSR count). The number of carbonyl (C=O) groups excluding carboxylic acids is 1. The Labute approximate surface area is 166 Å². The first-order valence-corrected chi connectivity index (χ1v) is 10.7. The topological polar surface area (TPSA) is 73.4 Å². The standard InChI is InChI=1S/C23H30N2O3/c1-2-15-4-3-5-19-20(14-24-21(15)19)16-10-12-25(13-11-16)22(26)17-6-8-18(9-7-17)23(27)28/h3-5,14,16-18,24H,2,6-13H2,1H3,(H,27,28). The molecule has 28 heavy (non-hydrogen) atoms. The number of carboxylic acid groups (broad SMARTS) is 1. The van der Waals surface area contributed by atoms with Gasteiger partial charge in [0.25, 0.3) is 0 Å². The quantitative estimate of drug-likeness (QED) is 0.827. The molecule has 2 aliphatic rings. The number of aromatic amines is 1. The molecule has 1 aliphatic carbocycles. The van der Waals surface area contributed by atoms with Gasteiger partial charge in [-0.3, -0.25) is 9.59 Å². The third-order valence-electron chi connectivity index (χ3n) is 6.89. The molecule has 2 aromatic rings. The summed E-state index contributed by atoms with van der Waals surface area (Å²) in [6, 6.07) is 6.53. The van der Waals surface area contributed by atoms with E-state index < -0.39 is 5.97 Å². The molecule has 0 spiro atoms. The Hall–Kier alpha value is -2.30. The lowest BCUT2D eigenvalue weighted by Gasteiger charge is -2.36. The largest absolute Gasteiger partial charge is 0.481 e. The van der Waals surface area contributed by atoms with Crippen molar-refractivity contribution in [1.29, 1.82) is 0 Å². The second-order valence-corrected chi connectivity index (χ2v) is 8.42. The van der Waals surface area contributed by atoms with Gasteiger partial charge in [-0.1, -0.05) is 25.1 Å². The van der Waals surface area contributed by atoms with Gasteiger partial charge in [0.2, 0.25) is 5.91 Å². The number of likely N-dealkylation sites (tertiary alicyclic amines) is 1. The molecule has 2 fully saturated rings. The third kappa shape index (κ3) is 3.54. The average molecular weight is 383 g/mol. The van der Waals surface area contributed by atoms with Crippen molar-refractivity contribution >= 4 is 22.8 Å². The Balaban J connectivity index is 1.37. The molecule has 1 aliphatic heterocycles. The molecule has 1 amide bonds. The van der Waals surface area contributed by atoms with Crippen molar-refractivity contribution in [2.75, 3.05) is 13.1 Å². The molecule has 1 aromatic heterocycles. The highest BCUT2D eigenvalue weighted by atomic mass is 16.4. The maximum atomic E-state index is 12.9. The minimum atomic E-state index is -0.711. The summed E-state index contributed by atoms with van der Waals surface area (Å²) in [5.41, 5.74) is 4.00. The first kappa shape index (κ1) is 19.0. The van der Waals surface area contributed by atoms with Gasteiger partial charge in [0.15, 0.2) is 0 Å². The summed E-state index contributed by atoms with van der Waals surface area (Å²) in [6.45, 7) is 3.80. The molecule has 1 aromatic carbocycles. The van der Waals surface area contributed by atoms with Crippen LogP contribution in [0.3, 0.4) is 0 Å². The van der Waals surface area contributed by atoms with E-state index in [1.54, 1.807) is 0 Å². The van der Waals surface area contributed by atoms with Crippen molar-refractivity contribution in [2.24, 2.45) is 11.8 Å². The number of hydrogen-bond acceptors (Lipinski definition) is 2. The predicted molar refractivity (Wildman–Crippen MR) is 109 cm³/mol. The SMILES string of the molecule is CCc1cccc2c(C3CCN(C(=O)C4CCC(C(=O)O)CC4)CC3)c[nH]c12. The monoisotopic (exact) mass is 382 g/mol. The number of aromatic nitrogens is 1. The second-order valence-electron chi connectivity index (χ2n) is 8.42. The number of hydrogen-bond donors (Lipinski definition) is 2. The Morgan fingerprint density at radius 2 is 1.75 bits per heavy atom. The van der Waals surface area contributed by atoms with E-state index in [4.69, 9.17) is 5.11 Å². The van der Waals surface area contributed by atoms with Gasteiger partial charge in [0.05, 0.1) is 5.92 Å². The Morgan fingerprint density at radius 3 is 2.39 bits per heavy atom. The summed E-state index contributed by atoms with van der Waals surface area (Å²) >= 11 is 0. The number of piperidine rings is 1. The Morgan fingerprint density at radius 1 is 1.07 bits per heavy atom. The molecule has 2 N–H and O–H groups in total. The molecular formula is C23H30N2O3. The highest BCUT2D eigenvalue weighted by Crippen LogP contribution is 2.36. The number of para-hydroxylation sites is 1. The van der Waals surface area contributed by atoms with E-state index in [9.17, 15) is 9.59 Å². The van der Waals surface area contributed by atoms with Crippen molar-refractivity contribution < 1.29 is 14.7 Å². The zero-order valence-electron chi connectivity index (χ0n) is 16.6. The lowest BCUT2D eigenvalue weighted by molar-refractivity contribution is -0.146. The van der Waals surface area contributed by atoms with Crippen LogP contribution in [0.2, 0.25) is 0 Å². The van der Waals surface area contributed by atoms with Crippen LogP contribution in [0.4, 0.5) is 0 Å². The van der Waals surface area contributed by atoms with E-state index in [0.717, 1.165) is 45.2 Å². The van der Waals surface area contributed by atoms with E-state index in [-0.39, 0.29) is 17.7 Å². The van der Waals surface area contributed by atoms with Gasteiger partial charge >= 0.3 is 5.97 Å². The van der Waals surface area contributed by atoms with Gasteiger partial charge < -0.3 is 15.0 Å². The summed E-state index contributed by atoms with van der Waals surface area (Å²) in [5.74, 6) is -0.212. The fourth-order valence-electron chi connectivity index (χ4n) is 5.13. The summed E-state index contributed by atoms with van der Waals surface area (Å²) < 4.78 is 0. The fraction of sp³-hybridized carbons (Fsp3) is 0.565. The van der Waals surface area contributed by atoms with Crippen LogP contribution in [-0.4, -0.2) is 40.0 Å². The molecular weight excluding hydrogens is 352 g/mol. The van der Waals surface area contributed by atoms with E-state index in [2.05, 4.69) is 36.3 Å². The molecule has 0 bridgehead atoms. The van der Waals surface area contributed by atoms with E-state index >= 15 is 0 Å². The lowest BCUT2D eigenvalue weighted by atomic mass is 9.81. The second kappa shape index (κ2) is 7.98. The molecule has 150 valence electrons. The van der Waals surface area contributed by atoms with E-state index in [1.165, 1.54) is 22.0 Å². The van der Waals surface area contributed by atoms with Crippen LogP contribution in [0.1, 0.15) is 62.5 Å². The first-order chi connectivity index (χ1) is 13.6. The zero-order valence-corrected chi connectivity index (χ0v) is 16.6. The number of carbonyl (C=O) groups is 2. The van der Waals surface area contributed by atoms with Crippen LogP contribution in [0.25, 0.3) is 10.9 Å². The van der Waals surface area contributed by atoms with E-state index in [0.29, 0.717) is 18.8 Å². The van der Waals surface area contributed by atoms with Crippen LogP contribution in [0.15, 0.2) is 24.4 Å². The lowest BCUT2D eigenvalue weighted by Crippen LogP contribution is -2.42. The maximum absolute atomic E-state index is 12.9. The fourth-order valence-corrected chi connectivity index (χ4v) is 5.13. The normalized spacial score (nSPS) is 23.8. The molecule has 0 unspecified atom stereocenters. The molecule has 1 saturated heterocycles. The van der Waals surface area contributed by atoms with Gasteiger partial charge in [0.1, 0.15) is 0 Å². The van der Waals surface area contributed by atoms with Gasteiger partial charge in [-0.05, 0) is 62.0 Å². The molecule has 5 heteroatoms. The number of nitrogens with zero attached hydrogens (tertiary/aromatic N) is 1. The van der Waals surface area contributed by atoms with Gasteiger partial charge in [-0.15, -0.1) is 0 Å². The molecule has 1 saturated carbocycles. The smallest absolute Gasteiger partial charge is 0.306 e. The van der Waals surface area contributed by atoms with Gasteiger partial charge in [-0.2, -0.15) is 0 Å². The van der Waals surface area contributed by atoms with Crippen molar-refractivity contribution in [1.82, 2.24) is 9.88 Å². The van der Waals surface area contributed by atoms with Crippen LogP contribution in [0.5, 0.6) is 0 Å². The number of amides is 1. The highest BCUT2D eigenvalue weighted by Gasteiger charge is 2.34. The van der Waals surface area contributed by atoms with Crippen LogP contribution >= 0.6 is 0 Å². The van der Waals surface area contributed by atoms with Crippen LogP contribution in [0, 0.1) is 11.8 Å². The molecule has 5 nitrogen and oxygen atoms in total. The zero-order chi connectivity index (χ0) is 19.7. The predicted octanol–water partition coefficient (Wildman–Crippen LogP) is 4.33. The van der Waals surface area contributed by atoms with Crippen molar-refractivity contribution in [3.63, 3.8) is 0 Å². The average Bonchev–Trinajstić information content (AvgIpc) is 3.17. The Kier molecular flexibility index (Phi) is 5.42. The number of fused-ring (bicyclic) bond motifs is 1. The van der Waals surface area contributed by atoms with Gasteiger partial charge in [-0.25, -0.2) is 0 Å². The number of H-pyrrole nitrogens is 1.